The Labute approximate surface area is 217 Å². The zero-order chi connectivity index (χ0) is 25.7. The third kappa shape index (κ3) is 3.63. The molecule has 37 heavy (non-hydrogen) atoms. The van der Waals surface area contributed by atoms with Crippen LogP contribution in [0.2, 0.25) is 0 Å². The first-order valence-corrected chi connectivity index (χ1v) is 12.7. The molecular weight excluding hydrogens is 456 g/mol. The molecule has 4 nitrogen and oxygen atoms in total. The highest BCUT2D eigenvalue weighted by molar-refractivity contribution is 6.10. The SMILES string of the molecule is C=C1C(c2cn(C)c3ccccc23)=C([O-])/C1=C\C1=[N+](CCOc2ccccc2)c2ccccc2C1(C)C. The summed E-state index contributed by atoms with van der Waals surface area (Å²) in [5.41, 5.74) is 7.51. The van der Waals surface area contributed by atoms with Gasteiger partial charge in [-0.05, 0) is 48.8 Å². The summed E-state index contributed by atoms with van der Waals surface area (Å²) in [7, 11) is 2.01. The van der Waals surface area contributed by atoms with Gasteiger partial charge in [0.25, 0.3) is 0 Å². The Morgan fingerprint density at radius 1 is 0.973 bits per heavy atom. The maximum atomic E-state index is 13.6. The van der Waals surface area contributed by atoms with E-state index in [0.717, 1.165) is 44.8 Å². The summed E-state index contributed by atoms with van der Waals surface area (Å²) in [5.74, 6) is 0.909. The molecule has 184 valence electrons. The molecule has 0 atom stereocenters. The minimum atomic E-state index is -0.258. The standard InChI is InChI=1S/C33H30N2O2/c1-22-25(32(36)31(22)26-21-34(4)28-16-10-8-14-24(26)28)20-30-33(2,3)27-15-9-11-17-29(27)35(30)18-19-37-23-12-6-5-7-13-23/h5-17,20-21H,1,18-19H2,2-4H3. The van der Waals surface area contributed by atoms with Crippen LogP contribution in [-0.4, -0.2) is 28.0 Å². The smallest absolute Gasteiger partial charge is 0.209 e. The molecule has 0 spiro atoms. The lowest BCUT2D eigenvalue weighted by Gasteiger charge is -2.35. The van der Waals surface area contributed by atoms with Crippen LogP contribution >= 0.6 is 0 Å². The van der Waals surface area contributed by atoms with Crippen LogP contribution in [0.1, 0.15) is 25.0 Å². The molecule has 0 bridgehead atoms. The zero-order valence-corrected chi connectivity index (χ0v) is 21.5. The van der Waals surface area contributed by atoms with E-state index in [1.54, 1.807) is 0 Å². The van der Waals surface area contributed by atoms with Gasteiger partial charge in [-0.15, -0.1) is 0 Å². The Morgan fingerprint density at radius 3 is 2.46 bits per heavy atom. The van der Waals surface area contributed by atoms with E-state index < -0.39 is 0 Å². The minimum absolute atomic E-state index is 0.0566. The molecule has 4 heteroatoms. The molecule has 0 N–H and O–H groups in total. The quantitative estimate of drug-likeness (QED) is 0.318. The van der Waals surface area contributed by atoms with Gasteiger partial charge >= 0.3 is 0 Å². The summed E-state index contributed by atoms with van der Waals surface area (Å²) in [6.45, 7) is 9.99. The Kier molecular flexibility index (Phi) is 5.41. The van der Waals surface area contributed by atoms with Crippen LogP contribution in [0.25, 0.3) is 16.5 Å². The van der Waals surface area contributed by atoms with Crippen molar-refractivity contribution in [2.45, 2.75) is 19.3 Å². The van der Waals surface area contributed by atoms with Crippen molar-refractivity contribution >= 4 is 27.9 Å². The van der Waals surface area contributed by atoms with Crippen molar-refractivity contribution in [1.29, 1.82) is 0 Å². The monoisotopic (exact) mass is 486 g/mol. The third-order valence-electron chi connectivity index (χ3n) is 7.67. The predicted molar refractivity (Wildman–Crippen MR) is 148 cm³/mol. The number of ether oxygens (including phenoxy) is 1. The number of hydrogen-bond donors (Lipinski definition) is 0. The average molecular weight is 487 g/mol. The molecule has 0 amide bonds. The first-order chi connectivity index (χ1) is 17.9. The highest BCUT2D eigenvalue weighted by atomic mass is 16.5. The molecule has 1 aromatic heterocycles. The summed E-state index contributed by atoms with van der Waals surface area (Å²) in [6, 6.07) is 26.5. The van der Waals surface area contributed by atoms with Gasteiger partial charge in [0.15, 0.2) is 12.3 Å². The number of fused-ring (bicyclic) bond motifs is 2. The van der Waals surface area contributed by atoms with E-state index in [1.807, 2.05) is 55.7 Å². The number of aryl methyl sites for hydroxylation is 1. The van der Waals surface area contributed by atoms with Crippen molar-refractivity contribution in [1.82, 2.24) is 4.57 Å². The van der Waals surface area contributed by atoms with E-state index in [9.17, 15) is 5.11 Å². The van der Waals surface area contributed by atoms with E-state index in [1.165, 1.54) is 5.56 Å². The molecule has 0 saturated carbocycles. The van der Waals surface area contributed by atoms with E-state index in [4.69, 9.17) is 4.74 Å². The number of aromatic nitrogens is 1. The van der Waals surface area contributed by atoms with Crippen LogP contribution < -0.4 is 9.84 Å². The molecule has 4 aromatic rings. The van der Waals surface area contributed by atoms with Crippen molar-refractivity contribution < 1.29 is 14.4 Å². The Morgan fingerprint density at radius 2 is 1.68 bits per heavy atom. The Balaban J connectivity index is 1.40. The van der Waals surface area contributed by atoms with Gasteiger partial charge in [-0.2, -0.15) is 4.58 Å². The highest BCUT2D eigenvalue weighted by Gasteiger charge is 2.45. The fraction of sp³-hybridized carbons (Fsp3) is 0.182. The lowest BCUT2D eigenvalue weighted by atomic mass is 9.76. The molecule has 3 aromatic carbocycles. The Hall–Kier alpha value is -4.31. The van der Waals surface area contributed by atoms with E-state index in [-0.39, 0.29) is 11.2 Å². The highest BCUT2D eigenvalue weighted by Crippen LogP contribution is 2.47. The maximum absolute atomic E-state index is 13.6. The number of benzene rings is 3. The summed E-state index contributed by atoms with van der Waals surface area (Å²) < 4.78 is 10.4. The van der Waals surface area contributed by atoms with Crippen LogP contribution in [0.15, 0.2) is 115 Å². The van der Waals surface area contributed by atoms with Crippen LogP contribution in [0.4, 0.5) is 5.69 Å². The second kappa shape index (κ2) is 8.67. The molecule has 0 unspecified atom stereocenters. The third-order valence-corrected chi connectivity index (χ3v) is 7.67. The fourth-order valence-corrected chi connectivity index (χ4v) is 5.71. The van der Waals surface area contributed by atoms with Gasteiger partial charge in [0, 0.05) is 47.4 Å². The number of para-hydroxylation sites is 3. The normalized spacial score (nSPS) is 17.5. The van der Waals surface area contributed by atoms with Gasteiger partial charge in [0.1, 0.15) is 12.4 Å². The summed E-state index contributed by atoms with van der Waals surface area (Å²) in [5, 5.41) is 14.6. The minimum Gasteiger partial charge on any atom is -0.872 e. The van der Waals surface area contributed by atoms with Gasteiger partial charge in [-0.25, -0.2) is 0 Å². The Bertz CT molecular complexity index is 1650. The second-order valence-electron chi connectivity index (χ2n) is 10.3. The molecule has 1 aliphatic carbocycles. The van der Waals surface area contributed by atoms with Gasteiger partial charge < -0.3 is 14.4 Å². The van der Waals surface area contributed by atoms with Crippen molar-refractivity contribution in [2.75, 3.05) is 13.2 Å². The van der Waals surface area contributed by atoms with Crippen LogP contribution in [0, 0.1) is 0 Å². The zero-order valence-electron chi connectivity index (χ0n) is 21.5. The van der Waals surface area contributed by atoms with Crippen LogP contribution in [0.3, 0.4) is 0 Å². The van der Waals surface area contributed by atoms with Crippen molar-refractivity contribution in [2.24, 2.45) is 7.05 Å². The van der Waals surface area contributed by atoms with Crippen molar-refractivity contribution in [3.8, 4) is 5.75 Å². The van der Waals surface area contributed by atoms with Crippen LogP contribution in [-0.2, 0) is 12.5 Å². The van der Waals surface area contributed by atoms with Gasteiger partial charge in [-0.3, -0.25) is 0 Å². The molecule has 2 heterocycles. The van der Waals surface area contributed by atoms with Crippen LogP contribution in [0.5, 0.6) is 5.75 Å². The summed E-state index contributed by atoms with van der Waals surface area (Å²) in [6.07, 6.45) is 4.09. The molecule has 0 saturated heterocycles. The number of hydrogen-bond acceptors (Lipinski definition) is 2. The van der Waals surface area contributed by atoms with Crippen molar-refractivity contribution in [3.05, 3.63) is 126 Å². The maximum Gasteiger partial charge on any atom is 0.209 e. The summed E-state index contributed by atoms with van der Waals surface area (Å²) in [4.78, 5) is 0. The molecule has 2 aliphatic rings. The number of rotatable bonds is 6. The van der Waals surface area contributed by atoms with Gasteiger partial charge in [-0.1, -0.05) is 66.9 Å². The molecule has 1 aliphatic heterocycles. The average Bonchev–Trinajstić information content (AvgIpc) is 3.34. The lowest BCUT2D eigenvalue weighted by Crippen LogP contribution is -2.31. The molecule has 0 radical (unpaired) electrons. The number of allylic oxidation sites excluding steroid dienone is 3. The molecule has 0 fully saturated rings. The first-order valence-electron chi connectivity index (χ1n) is 12.7. The van der Waals surface area contributed by atoms with Gasteiger partial charge in [0.2, 0.25) is 5.69 Å². The first kappa shape index (κ1) is 23.1. The van der Waals surface area contributed by atoms with E-state index >= 15 is 0 Å². The number of nitrogens with zero attached hydrogens (tertiary/aromatic N) is 2. The molecular formula is C33H30N2O2. The molecule has 6 rings (SSSR count). The predicted octanol–water partition coefficient (Wildman–Crippen LogP) is 5.90. The van der Waals surface area contributed by atoms with E-state index in [2.05, 4.69) is 72.0 Å². The topological polar surface area (TPSA) is 40.2 Å². The van der Waals surface area contributed by atoms with Gasteiger partial charge in [0.05, 0.1) is 5.41 Å². The summed E-state index contributed by atoms with van der Waals surface area (Å²) >= 11 is 0. The van der Waals surface area contributed by atoms with Crippen molar-refractivity contribution in [3.63, 3.8) is 0 Å². The fourth-order valence-electron chi connectivity index (χ4n) is 5.71. The van der Waals surface area contributed by atoms with E-state index in [0.29, 0.717) is 18.7 Å². The largest absolute Gasteiger partial charge is 0.872 e. The second-order valence-corrected chi connectivity index (χ2v) is 10.3. The lowest BCUT2D eigenvalue weighted by molar-refractivity contribution is -0.439.